The van der Waals surface area contributed by atoms with Gasteiger partial charge in [-0.3, -0.25) is 4.79 Å². The number of carbonyl (C=O) groups excluding carboxylic acids is 1. The summed E-state index contributed by atoms with van der Waals surface area (Å²) in [6, 6.07) is 12.6. The highest BCUT2D eigenvalue weighted by atomic mass is 32.2. The Morgan fingerprint density at radius 3 is 2.66 bits per heavy atom. The van der Waals surface area contributed by atoms with Gasteiger partial charge in [0.2, 0.25) is 5.91 Å². The van der Waals surface area contributed by atoms with Crippen molar-refractivity contribution in [2.24, 2.45) is 0 Å². The molecule has 0 saturated carbocycles. The average Bonchev–Trinajstić information content (AvgIpc) is 2.72. The van der Waals surface area contributed by atoms with Crippen LogP contribution in [0.15, 0.2) is 53.6 Å². The van der Waals surface area contributed by atoms with Gasteiger partial charge < -0.3 is 4.90 Å². The molecule has 2 aromatic heterocycles. The summed E-state index contributed by atoms with van der Waals surface area (Å²) >= 11 is 0. The molecule has 0 N–H and O–H groups in total. The SMILES string of the molecule is CC(C)S(=O)(=O)c1ccc(CC(=O)N2CCc3nc4ncccc4cc3C2)cc1. The quantitative estimate of drug-likeness (QED) is 0.662. The molecule has 29 heavy (non-hydrogen) atoms. The van der Waals surface area contributed by atoms with Crippen LogP contribution in [0.4, 0.5) is 0 Å². The number of carbonyl (C=O) groups is 1. The summed E-state index contributed by atoms with van der Waals surface area (Å²) in [7, 11) is -3.30. The molecule has 1 aliphatic rings. The first-order valence-electron chi connectivity index (χ1n) is 9.69. The third-order valence-corrected chi connectivity index (χ3v) is 7.49. The van der Waals surface area contributed by atoms with E-state index in [2.05, 4.69) is 16.0 Å². The van der Waals surface area contributed by atoms with E-state index in [0.717, 1.165) is 27.9 Å². The second-order valence-corrected chi connectivity index (χ2v) is 10.1. The van der Waals surface area contributed by atoms with Crippen molar-refractivity contribution in [1.82, 2.24) is 14.9 Å². The minimum absolute atomic E-state index is 0.0291. The maximum Gasteiger partial charge on any atom is 0.227 e. The molecule has 1 aromatic carbocycles. The van der Waals surface area contributed by atoms with Crippen molar-refractivity contribution >= 4 is 26.8 Å². The summed E-state index contributed by atoms with van der Waals surface area (Å²) < 4.78 is 24.5. The molecule has 4 rings (SSSR count). The van der Waals surface area contributed by atoms with Crippen molar-refractivity contribution in [3.05, 3.63) is 65.5 Å². The van der Waals surface area contributed by atoms with Crippen molar-refractivity contribution in [3.63, 3.8) is 0 Å². The van der Waals surface area contributed by atoms with Gasteiger partial charge in [-0.2, -0.15) is 0 Å². The Kier molecular flexibility index (Phi) is 5.08. The van der Waals surface area contributed by atoms with E-state index < -0.39 is 15.1 Å². The number of benzene rings is 1. The van der Waals surface area contributed by atoms with Crippen molar-refractivity contribution < 1.29 is 13.2 Å². The Morgan fingerprint density at radius 1 is 1.17 bits per heavy atom. The van der Waals surface area contributed by atoms with Crippen LogP contribution in [0.5, 0.6) is 0 Å². The van der Waals surface area contributed by atoms with E-state index in [9.17, 15) is 13.2 Å². The van der Waals surface area contributed by atoms with Gasteiger partial charge in [-0.25, -0.2) is 18.4 Å². The zero-order chi connectivity index (χ0) is 20.6. The maximum atomic E-state index is 12.8. The summed E-state index contributed by atoms with van der Waals surface area (Å²) in [6.45, 7) is 4.48. The lowest BCUT2D eigenvalue weighted by molar-refractivity contribution is -0.131. The van der Waals surface area contributed by atoms with Crippen molar-refractivity contribution in [2.45, 2.75) is 43.4 Å². The molecule has 0 aliphatic carbocycles. The van der Waals surface area contributed by atoms with E-state index in [1.165, 1.54) is 0 Å². The molecule has 3 aromatic rings. The van der Waals surface area contributed by atoms with Gasteiger partial charge in [0.1, 0.15) is 0 Å². The van der Waals surface area contributed by atoms with Crippen molar-refractivity contribution in [3.8, 4) is 0 Å². The van der Waals surface area contributed by atoms with E-state index >= 15 is 0 Å². The number of aromatic nitrogens is 2. The maximum absolute atomic E-state index is 12.8. The van der Waals surface area contributed by atoms with Gasteiger partial charge in [0.05, 0.1) is 16.6 Å². The number of hydrogen-bond donors (Lipinski definition) is 0. The molecule has 150 valence electrons. The van der Waals surface area contributed by atoms with E-state index in [0.29, 0.717) is 24.4 Å². The topological polar surface area (TPSA) is 80.2 Å². The van der Waals surface area contributed by atoms with Gasteiger partial charge in [0.15, 0.2) is 15.5 Å². The molecule has 0 radical (unpaired) electrons. The molecule has 0 bridgehead atoms. The number of rotatable bonds is 4. The minimum atomic E-state index is -3.30. The van der Waals surface area contributed by atoms with Crippen LogP contribution in [0.1, 0.15) is 30.7 Å². The third-order valence-electron chi connectivity index (χ3n) is 5.32. The number of nitrogens with zero attached hydrogens (tertiary/aromatic N) is 3. The summed E-state index contributed by atoms with van der Waals surface area (Å²) in [5.41, 5.74) is 3.61. The van der Waals surface area contributed by atoms with Gasteiger partial charge in [0, 0.05) is 36.8 Å². The molecule has 0 unspecified atom stereocenters. The van der Waals surface area contributed by atoms with Gasteiger partial charge in [-0.15, -0.1) is 0 Å². The highest BCUT2D eigenvalue weighted by Crippen LogP contribution is 2.22. The average molecular weight is 410 g/mol. The fourth-order valence-corrected chi connectivity index (χ4v) is 4.59. The molecule has 3 heterocycles. The second-order valence-electron chi connectivity index (χ2n) is 7.62. The van der Waals surface area contributed by atoms with Crippen LogP contribution < -0.4 is 0 Å². The number of hydrogen-bond acceptors (Lipinski definition) is 5. The van der Waals surface area contributed by atoms with Crippen LogP contribution in [0.3, 0.4) is 0 Å². The predicted molar refractivity (Wildman–Crippen MR) is 111 cm³/mol. The Hall–Kier alpha value is -2.80. The zero-order valence-corrected chi connectivity index (χ0v) is 17.3. The van der Waals surface area contributed by atoms with Gasteiger partial charge in [0.25, 0.3) is 0 Å². The summed E-state index contributed by atoms with van der Waals surface area (Å²) in [4.78, 5) is 23.9. The second kappa shape index (κ2) is 7.55. The Bertz CT molecular complexity index is 1170. The van der Waals surface area contributed by atoms with Crippen LogP contribution in [-0.4, -0.2) is 41.0 Å². The molecule has 1 amide bonds. The Labute approximate surface area is 170 Å². The highest BCUT2D eigenvalue weighted by molar-refractivity contribution is 7.92. The lowest BCUT2D eigenvalue weighted by Crippen LogP contribution is -2.37. The molecule has 0 spiro atoms. The minimum Gasteiger partial charge on any atom is -0.338 e. The van der Waals surface area contributed by atoms with Gasteiger partial charge >= 0.3 is 0 Å². The molecule has 6 nitrogen and oxygen atoms in total. The Morgan fingerprint density at radius 2 is 1.93 bits per heavy atom. The molecular formula is C22H23N3O3S. The molecule has 0 atom stereocenters. The first-order chi connectivity index (χ1) is 13.8. The van der Waals surface area contributed by atoms with Crippen LogP contribution >= 0.6 is 0 Å². The molecule has 7 heteroatoms. The molecular weight excluding hydrogens is 386 g/mol. The zero-order valence-electron chi connectivity index (χ0n) is 16.5. The largest absolute Gasteiger partial charge is 0.338 e. The standard InChI is InChI=1S/C22H23N3O3S/c1-15(2)29(27,28)19-7-5-16(6-8-19)12-21(26)25-11-9-20-18(14-25)13-17-4-3-10-23-22(17)24-20/h3-8,10,13,15H,9,11-12,14H2,1-2H3. The smallest absolute Gasteiger partial charge is 0.227 e. The highest BCUT2D eigenvalue weighted by Gasteiger charge is 2.23. The van der Waals surface area contributed by atoms with Crippen LogP contribution in [-0.2, 0) is 34.0 Å². The summed E-state index contributed by atoms with van der Waals surface area (Å²) in [5, 5.41) is 0.505. The van der Waals surface area contributed by atoms with Crippen molar-refractivity contribution in [1.29, 1.82) is 0 Å². The fraction of sp³-hybridized carbons (Fsp3) is 0.318. The molecule has 0 saturated heterocycles. The first-order valence-corrected chi connectivity index (χ1v) is 11.2. The van der Waals surface area contributed by atoms with Crippen LogP contribution in [0.2, 0.25) is 0 Å². The number of fused-ring (bicyclic) bond motifs is 2. The lowest BCUT2D eigenvalue weighted by atomic mass is 10.0. The number of sulfone groups is 1. The fourth-order valence-electron chi connectivity index (χ4n) is 3.53. The monoisotopic (exact) mass is 409 g/mol. The molecule has 1 aliphatic heterocycles. The Balaban J connectivity index is 1.48. The van der Waals surface area contributed by atoms with Crippen LogP contribution in [0, 0.1) is 0 Å². The summed E-state index contributed by atoms with van der Waals surface area (Å²) in [5.74, 6) is 0.0291. The molecule has 0 fully saturated rings. The van der Waals surface area contributed by atoms with Gasteiger partial charge in [-0.1, -0.05) is 12.1 Å². The van der Waals surface area contributed by atoms with E-state index in [4.69, 9.17) is 0 Å². The van der Waals surface area contributed by atoms with E-state index in [1.807, 2.05) is 17.0 Å². The van der Waals surface area contributed by atoms with E-state index in [-0.39, 0.29) is 12.3 Å². The van der Waals surface area contributed by atoms with Gasteiger partial charge in [-0.05, 0) is 55.3 Å². The van der Waals surface area contributed by atoms with Crippen LogP contribution in [0.25, 0.3) is 11.0 Å². The lowest BCUT2D eigenvalue weighted by Gasteiger charge is -2.28. The predicted octanol–water partition coefficient (Wildman–Crippen LogP) is 2.94. The number of amides is 1. The number of pyridine rings is 2. The first kappa shape index (κ1) is 19.5. The van der Waals surface area contributed by atoms with Crippen molar-refractivity contribution in [2.75, 3.05) is 6.54 Å². The normalized spacial score (nSPS) is 14.2. The summed E-state index contributed by atoms with van der Waals surface area (Å²) in [6.07, 6.45) is 2.69. The van der Waals surface area contributed by atoms with E-state index in [1.54, 1.807) is 44.3 Å². The third kappa shape index (κ3) is 3.87.